The highest BCUT2D eigenvalue weighted by molar-refractivity contribution is 6.15. The Labute approximate surface area is 185 Å². The van der Waals surface area contributed by atoms with Gasteiger partial charge in [-0.2, -0.15) is 0 Å². The Morgan fingerprint density at radius 2 is 2.12 bits per heavy atom. The lowest BCUT2D eigenvalue weighted by Gasteiger charge is -2.27. The SMILES string of the molecule is CCCOc1cccc([C@@H]2C(C(=O)c3ccco3)=C(O)C(=O)N2CCCn2ccnc2)c1. The van der Waals surface area contributed by atoms with Crippen LogP contribution >= 0.6 is 0 Å². The van der Waals surface area contributed by atoms with E-state index in [2.05, 4.69) is 4.98 Å². The van der Waals surface area contributed by atoms with Crippen LogP contribution in [0.15, 0.2) is 77.1 Å². The number of hydrogen-bond acceptors (Lipinski definition) is 6. The number of imidazole rings is 1. The molecule has 3 heterocycles. The lowest BCUT2D eigenvalue weighted by Crippen LogP contribution is -2.32. The number of ketones is 1. The summed E-state index contributed by atoms with van der Waals surface area (Å²) in [7, 11) is 0. The number of ether oxygens (including phenoxy) is 1. The zero-order valence-corrected chi connectivity index (χ0v) is 17.8. The standard InChI is InChI=1S/C24H25N3O5/c1-2-13-31-18-7-3-6-17(15-18)21-20(22(28)19-8-4-14-32-19)23(29)24(30)27(21)11-5-10-26-12-9-25-16-26/h3-4,6-9,12,14-16,21,29H,2,5,10-11,13H2,1H3/t21-/m1/s1. The van der Waals surface area contributed by atoms with Gasteiger partial charge in [0.05, 0.1) is 30.8 Å². The van der Waals surface area contributed by atoms with Gasteiger partial charge in [-0.1, -0.05) is 19.1 Å². The van der Waals surface area contributed by atoms with Gasteiger partial charge in [-0.25, -0.2) is 4.98 Å². The number of nitrogens with zero attached hydrogens (tertiary/aromatic N) is 3. The third-order valence-electron chi connectivity index (χ3n) is 5.31. The second-order valence-corrected chi connectivity index (χ2v) is 7.54. The maximum atomic E-state index is 13.2. The predicted octanol–water partition coefficient (Wildman–Crippen LogP) is 3.93. The summed E-state index contributed by atoms with van der Waals surface area (Å²) in [6.45, 7) is 3.57. The van der Waals surface area contributed by atoms with E-state index in [-0.39, 0.29) is 11.3 Å². The topological polar surface area (TPSA) is 97.8 Å². The van der Waals surface area contributed by atoms with E-state index in [1.54, 1.807) is 18.6 Å². The molecular formula is C24H25N3O5. The molecule has 1 N–H and O–H groups in total. The van der Waals surface area contributed by atoms with Crippen LogP contribution in [0.1, 0.15) is 41.9 Å². The Kier molecular flexibility index (Phi) is 6.39. The van der Waals surface area contributed by atoms with Gasteiger partial charge >= 0.3 is 0 Å². The summed E-state index contributed by atoms with van der Waals surface area (Å²) in [5, 5.41) is 10.7. The zero-order valence-electron chi connectivity index (χ0n) is 17.8. The number of hydrogen-bond donors (Lipinski definition) is 1. The minimum Gasteiger partial charge on any atom is -0.503 e. The van der Waals surface area contributed by atoms with Crippen LogP contribution < -0.4 is 4.74 Å². The smallest absolute Gasteiger partial charge is 0.290 e. The number of benzene rings is 1. The van der Waals surface area contributed by atoms with Crippen LogP contribution in [-0.4, -0.2) is 44.4 Å². The molecule has 1 aromatic carbocycles. The van der Waals surface area contributed by atoms with E-state index in [4.69, 9.17) is 9.15 Å². The van der Waals surface area contributed by atoms with E-state index in [0.29, 0.717) is 37.4 Å². The first kappa shape index (κ1) is 21.4. The van der Waals surface area contributed by atoms with E-state index in [0.717, 1.165) is 6.42 Å². The normalized spacial score (nSPS) is 16.1. The maximum absolute atomic E-state index is 13.2. The number of carbonyl (C=O) groups excluding carboxylic acids is 2. The van der Waals surface area contributed by atoms with E-state index in [1.165, 1.54) is 17.2 Å². The summed E-state index contributed by atoms with van der Waals surface area (Å²) in [6.07, 6.45) is 8.12. The second kappa shape index (κ2) is 9.55. The number of aliphatic hydroxyl groups is 1. The Hall–Kier alpha value is -3.81. The van der Waals surface area contributed by atoms with Gasteiger partial charge in [0, 0.05) is 25.5 Å². The molecule has 0 saturated carbocycles. The van der Waals surface area contributed by atoms with Crippen molar-refractivity contribution < 1.29 is 23.8 Å². The Balaban J connectivity index is 1.66. The predicted molar refractivity (Wildman–Crippen MR) is 116 cm³/mol. The molecule has 8 nitrogen and oxygen atoms in total. The third kappa shape index (κ3) is 4.30. The number of rotatable bonds is 10. The summed E-state index contributed by atoms with van der Waals surface area (Å²) in [6, 6.07) is 9.66. The van der Waals surface area contributed by atoms with Crippen molar-refractivity contribution >= 4 is 11.7 Å². The summed E-state index contributed by atoms with van der Waals surface area (Å²) in [5.74, 6) is -0.911. The highest BCUT2D eigenvalue weighted by Gasteiger charge is 2.44. The highest BCUT2D eigenvalue weighted by atomic mass is 16.5. The molecule has 0 aliphatic carbocycles. The number of aryl methyl sites for hydroxylation is 1. The molecule has 1 aliphatic heterocycles. The monoisotopic (exact) mass is 435 g/mol. The molecule has 1 amide bonds. The molecule has 1 aliphatic rings. The number of Topliss-reactive ketones (excluding diaryl/α,β-unsaturated/α-hetero) is 1. The van der Waals surface area contributed by atoms with Gasteiger partial charge < -0.3 is 23.7 Å². The van der Waals surface area contributed by atoms with Gasteiger partial charge in [0.2, 0.25) is 5.78 Å². The molecule has 0 bridgehead atoms. The van der Waals surface area contributed by atoms with E-state index >= 15 is 0 Å². The molecule has 0 fully saturated rings. The molecule has 166 valence electrons. The summed E-state index contributed by atoms with van der Waals surface area (Å²) >= 11 is 0. The van der Waals surface area contributed by atoms with Gasteiger partial charge in [-0.05, 0) is 42.7 Å². The minimum atomic E-state index is -0.743. The summed E-state index contributed by atoms with van der Waals surface area (Å²) in [5.41, 5.74) is 0.703. The second-order valence-electron chi connectivity index (χ2n) is 7.54. The van der Waals surface area contributed by atoms with Crippen molar-refractivity contribution in [1.29, 1.82) is 0 Å². The molecule has 3 aromatic rings. The van der Waals surface area contributed by atoms with Crippen LogP contribution in [0.25, 0.3) is 0 Å². The van der Waals surface area contributed by atoms with Crippen LogP contribution in [0.4, 0.5) is 0 Å². The number of aromatic nitrogens is 2. The van der Waals surface area contributed by atoms with E-state index < -0.39 is 23.5 Å². The first-order chi connectivity index (χ1) is 15.6. The quantitative estimate of drug-likeness (QED) is 0.485. The van der Waals surface area contributed by atoms with Crippen LogP contribution in [0, 0.1) is 0 Å². The Morgan fingerprint density at radius 1 is 1.25 bits per heavy atom. The Morgan fingerprint density at radius 3 is 2.84 bits per heavy atom. The van der Waals surface area contributed by atoms with E-state index in [1.807, 2.05) is 42.0 Å². The first-order valence-corrected chi connectivity index (χ1v) is 10.6. The zero-order chi connectivity index (χ0) is 22.5. The van der Waals surface area contributed by atoms with Gasteiger partial charge in [0.25, 0.3) is 5.91 Å². The lowest BCUT2D eigenvalue weighted by atomic mass is 9.95. The fourth-order valence-electron chi connectivity index (χ4n) is 3.84. The number of amides is 1. The van der Waals surface area contributed by atoms with Gasteiger partial charge in [0.15, 0.2) is 11.5 Å². The minimum absolute atomic E-state index is 0.0141. The number of aliphatic hydroxyl groups excluding tert-OH is 1. The molecule has 8 heteroatoms. The van der Waals surface area contributed by atoms with Crippen molar-refractivity contribution in [2.75, 3.05) is 13.2 Å². The Bertz CT molecular complexity index is 1100. The lowest BCUT2D eigenvalue weighted by molar-refractivity contribution is -0.129. The highest BCUT2D eigenvalue weighted by Crippen LogP contribution is 2.40. The van der Waals surface area contributed by atoms with E-state index in [9.17, 15) is 14.7 Å². The largest absolute Gasteiger partial charge is 0.503 e. The third-order valence-corrected chi connectivity index (χ3v) is 5.31. The molecule has 32 heavy (non-hydrogen) atoms. The molecule has 2 aromatic heterocycles. The van der Waals surface area contributed by atoms with Crippen LogP contribution in [0.5, 0.6) is 5.75 Å². The summed E-state index contributed by atoms with van der Waals surface area (Å²) in [4.78, 5) is 31.7. The molecular weight excluding hydrogens is 410 g/mol. The number of carbonyl (C=O) groups is 2. The fraction of sp³-hybridized carbons (Fsp3) is 0.292. The average molecular weight is 435 g/mol. The van der Waals surface area contributed by atoms with Crippen molar-refractivity contribution in [2.45, 2.75) is 32.4 Å². The van der Waals surface area contributed by atoms with Gasteiger partial charge in [0.1, 0.15) is 5.75 Å². The summed E-state index contributed by atoms with van der Waals surface area (Å²) < 4.78 is 12.9. The van der Waals surface area contributed by atoms with Crippen molar-refractivity contribution in [3.05, 3.63) is 84.0 Å². The van der Waals surface area contributed by atoms with Crippen molar-refractivity contribution in [2.24, 2.45) is 0 Å². The van der Waals surface area contributed by atoms with Gasteiger partial charge in [-0.3, -0.25) is 9.59 Å². The number of furan rings is 1. The van der Waals surface area contributed by atoms with Crippen LogP contribution in [0.2, 0.25) is 0 Å². The average Bonchev–Trinajstić information content (AvgIpc) is 3.56. The van der Waals surface area contributed by atoms with Crippen molar-refractivity contribution in [3.63, 3.8) is 0 Å². The van der Waals surface area contributed by atoms with Crippen LogP contribution in [-0.2, 0) is 11.3 Å². The molecule has 4 rings (SSSR count). The van der Waals surface area contributed by atoms with Crippen molar-refractivity contribution in [3.8, 4) is 5.75 Å². The van der Waals surface area contributed by atoms with Gasteiger partial charge in [-0.15, -0.1) is 0 Å². The fourth-order valence-corrected chi connectivity index (χ4v) is 3.84. The van der Waals surface area contributed by atoms with Crippen molar-refractivity contribution in [1.82, 2.24) is 14.5 Å². The molecule has 0 spiro atoms. The molecule has 0 radical (unpaired) electrons. The first-order valence-electron chi connectivity index (χ1n) is 10.6. The molecule has 0 unspecified atom stereocenters. The maximum Gasteiger partial charge on any atom is 0.290 e. The van der Waals surface area contributed by atoms with Crippen LogP contribution in [0.3, 0.4) is 0 Å². The molecule has 1 atom stereocenters. The molecule has 0 saturated heterocycles.